The van der Waals surface area contributed by atoms with Gasteiger partial charge in [0.25, 0.3) is 5.56 Å². The van der Waals surface area contributed by atoms with Gasteiger partial charge in [0, 0.05) is 0 Å². The van der Waals surface area contributed by atoms with E-state index in [4.69, 9.17) is 9.05 Å². The first kappa shape index (κ1) is 18.3. The number of nitrogens with zero attached hydrogens (tertiary/aromatic N) is 1. The molecule has 3 aromatic rings. The number of hydrogen-bond donors (Lipinski definition) is 1. The smallest absolute Gasteiger partial charge is 0.306 e. The molecule has 0 spiro atoms. The van der Waals surface area contributed by atoms with Crippen LogP contribution in [-0.2, 0) is 20.2 Å². The van der Waals surface area contributed by atoms with E-state index < -0.39 is 13.3 Å². The van der Waals surface area contributed by atoms with Crippen molar-refractivity contribution in [3.05, 3.63) is 49.3 Å². The van der Waals surface area contributed by atoms with Gasteiger partial charge in [-0.2, -0.15) is 0 Å². The van der Waals surface area contributed by atoms with Crippen molar-refractivity contribution in [2.45, 2.75) is 20.4 Å². The summed E-state index contributed by atoms with van der Waals surface area (Å²) in [6.07, 6.45) is 0. The lowest BCUT2D eigenvalue weighted by Gasteiger charge is -2.17. The minimum absolute atomic E-state index is 0.00494. The molecule has 0 saturated heterocycles. The van der Waals surface area contributed by atoms with Crippen molar-refractivity contribution in [2.75, 3.05) is 13.2 Å². The zero-order chi connectivity index (χ0) is 18.0. The second-order valence-corrected chi connectivity index (χ2v) is 9.16. The minimum Gasteiger partial charge on any atom is -0.306 e. The van der Waals surface area contributed by atoms with E-state index in [-0.39, 0.29) is 25.3 Å². The zero-order valence-electron chi connectivity index (χ0n) is 13.7. The van der Waals surface area contributed by atoms with Crippen molar-refractivity contribution in [1.82, 2.24) is 9.55 Å². The van der Waals surface area contributed by atoms with E-state index >= 15 is 0 Å². The Labute approximate surface area is 151 Å². The molecule has 0 aliphatic heterocycles. The summed E-state index contributed by atoms with van der Waals surface area (Å²) in [6.45, 7) is 3.94. The third-order valence-electron chi connectivity index (χ3n) is 3.49. The quantitative estimate of drug-likeness (QED) is 0.616. The number of nitrogens with one attached hydrogen (secondary N) is 1. The van der Waals surface area contributed by atoms with Gasteiger partial charge in [-0.05, 0) is 42.3 Å². The molecule has 0 fully saturated rings. The molecule has 0 aliphatic carbocycles. The van der Waals surface area contributed by atoms with Crippen LogP contribution >= 0.6 is 30.3 Å². The van der Waals surface area contributed by atoms with Crippen molar-refractivity contribution in [1.29, 1.82) is 0 Å². The molecule has 10 heteroatoms. The summed E-state index contributed by atoms with van der Waals surface area (Å²) in [5, 5.41) is 3.50. The van der Waals surface area contributed by atoms with E-state index in [1.54, 1.807) is 36.7 Å². The van der Waals surface area contributed by atoms with Gasteiger partial charge < -0.3 is 14.0 Å². The van der Waals surface area contributed by atoms with E-state index in [9.17, 15) is 14.2 Å². The average molecular weight is 400 g/mol. The van der Waals surface area contributed by atoms with Gasteiger partial charge in [0.05, 0.1) is 25.3 Å². The Morgan fingerprint density at radius 3 is 2.48 bits per heavy atom. The van der Waals surface area contributed by atoms with E-state index in [2.05, 4.69) is 4.98 Å². The van der Waals surface area contributed by atoms with Gasteiger partial charge in [-0.25, -0.2) is 4.79 Å². The van der Waals surface area contributed by atoms with Crippen molar-refractivity contribution in [3.8, 4) is 0 Å². The van der Waals surface area contributed by atoms with Gasteiger partial charge in [-0.15, -0.1) is 22.7 Å². The van der Waals surface area contributed by atoms with Crippen LogP contribution < -0.4 is 15.9 Å². The van der Waals surface area contributed by atoms with E-state index in [1.807, 2.05) is 0 Å². The molecule has 0 aliphatic rings. The lowest BCUT2D eigenvalue weighted by atomic mass is 10.3. The maximum Gasteiger partial charge on any atom is 0.371 e. The van der Waals surface area contributed by atoms with Gasteiger partial charge in [0.1, 0.15) is 9.32 Å². The molecule has 1 N–H and O–H groups in total. The number of fused-ring (bicyclic) bond motifs is 1. The van der Waals surface area contributed by atoms with Crippen molar-refractivity contribution < 1.29 is 13.6 Å². The fourth-order valence-electron chi connectivity index (χ4n) is 2.47. The first-order valence-electron chi connectivity index (χ1n) is 7.66. The van der Waals surface area contributed by atoms with Crippen LogP contribution in [-0.4, -0.2) is 22.8 Å². The third-order valence-corrected chi connectivity index (χ3v) is 8.12. The molecule has 3 rings (SSSR count). The summed E-state index contributed by atoms with van der Waals surface area (Å²) in [6, 6.07) is 3.43. The summed E-state index contributed by atoms with van der Waals surface area (Å²) < 4.78 is 25.8. The maximum atomic E-state index is 13.0. The second-order valence-electron chi connectivity index (χ2n) is 5.07. The Balaban J connectivity index is 2.06. The normalized spacial score (nSPS) is 12.1. The van der Waals surface area contributed by atoms with Crippen LogP contribution in [0.25, 0.3) is 10.2 Å². The molecule has 0 radical (unpaired) electrons. The standard InChI is InChI=1S/C15H17N2O5PS2/c1-3-21-23(20,22-4-2)14-10(5-7-25-14)9-17-13(18)12-11(6-8-24-12)16-15(17)19/h5-8H,3-4,9H2,1-2H3,(H,16,19). The molecule has 134 valence electrons. The molecule has 25 heavy (non-hydrogen) atoms. The van der Waals surface area contributed by atoms with Gasteiger partial charge in [-0.1, -0.05) is 0 Å². The Bertz CT molecular complexity index is 1040. The van der Waals surface area contributed by atoms with Crippen LogP contribution in [0.3, 0.4) is 0 Å². The van der Waals surface area contributed by atoms with E-state index in [1.165, 1.54) is 22.7 Å². The molecule has 0 bridgehead atoms. The highest BCUT2D eigenvalue weighted by Crippen LogP contribution is 2.49. The summed E-state index contributed by atoms with van der Waals surface area (Å²) in [5.74, 6) is 0. The molecule has 3 heterocycles. The third kappa shape index (κ3) is 3.43. The lowest BCUT2D eigenvalue weighted by Crippen LogP contribution is -2.35. The molecule has 0 amide bonds. The average Bonchev–Trinajstić information content (AvgIpc) is 3.21. The number of rotatable bonds is 7. The molecule has 0 unspecified atom stereocenters. The number of hydrogen-bond acceptors (Lipinski definition) is 7. The van der Waals surface area contributed by atoms with Gasteiger partial charge in [-0.3, -0.25) is 13.9 Å². The summed E-state index contributed by atoms with van der Waals surface area (Å²) in [5.41, 5.74) is 0.235. The van der Waals surface area contributed by atoms with Crippen molar-refractivity contribution in [2.24, 2.45) is 0 Å². The van der Waals surface area contributed by atoms with Gasteiger partial charge >= 0.3 is 13.3 Å². The fraction of sp³-hybridized carbons (Fsp3) is 0.333. The number of aromatic nitrogens is 2. The van der Waals surface area contributed by atoms with Crippen LogP contribution in [0.4, 0.5) is 0 Å². The topological polar surface area (TPSA) is 90.4 Å². The minimum atomic E-state index is -3.47. The van der Waals surface area contributed by atoms with Crippen LogP contribution in [0.5, 0.6) is 0 Å². The van der Waals surface area contributed by atoms with Crippen LogP contribution in [0.2, 0.25) is 0 Å². The zero-order valence-corrected chi connectivity index (χ0v) is 16.2. The van der Waals surface area contributed by atoms with E-state index in [0.29, 0.717) is 20.4 Å². The Hall–Kier alpha value is -1.51. The highest BCUT2D eigenvalue weighted by atomic mass is 32.1. The van der Waals surface area contributed by atoms with Crippen molar-refractivity contribution >= 4 is 45.1 Å². The molecular formula is C15H17N2O5PS2. The molecule has 7 nitrogen and oxygen atoms in total. The van der Waals surface area contributed by atoms with E-state index in [0.717, 1.165) is 4.57 Å². The predicted octanol–water partition coefficient (Wildman–Crippen LogP) is 2.75. The fourth-order valence-corrected chi connectivity index (χ4v) is 6.41. The maximum absolute atomic E-state index is 13.0. The van der Waals surface area contributed by atoms with Gasteiger partial charge in [0.15, 0.2) is 0 Å². The molecule has 3 aromatic heterocycles. The first-order valence-corrected chi connectivity index (χ1v) is 11.0. The molecule has 0 aromatic carbocycles. The highest BCUT2D eigenvalue weighted by molar-refractivity contribution is 7.68. The summed E-state index contributed by atoms with van der Waals surface area (Å²) in [4.78, 5) is 27.5. The Kier molecular flexibility index (Phi) is 5.41. The number of H-pyrrole nitrogens is 1. The monoisotopic (exact) mass is 400 g/mol. The largest absolute Gasteiger partial charge is 0.371 e. The molecular weight excluding hydrogens is 383 g/mol. The Morgan fingerprint density at radius 1 is 1.12 bits per heavy atom. The van der Waals surface area contributed by atoms with Gasteiger partial charge in [0.2, 0.25) is 0 Å². The number of aromatic amines is 1. The summed E-state index contributed by atoms with van der Waals surface area (Å²) in [7, 11) is -3.47. The molecule has 0 saturated carbocycles. The highest BCUT2D eigenvalue weighted by Gasteiger charge is 2.31. The van der Waals surface area contributed by atoms with Crippen molar-refractivity contribution in [3.63, 3.8) is 0 Å². The SMILES string of the molecule is CCOP(=O)(OCC)c1sccc1Cn1c(=O)[nH]c2ccsc2c1=O. The lowest BCUT2D eigenvalue weighted by molar-refractivity contribution is 0.230. The van der Waals surface area contributed by atoms with Crippen LogP contribution in [0.1, 0.15) is 19.4 Å². The summed E-state index contributed by atoms with van der Waals surface area (Å²) >= 11 is 2.50. The second kappa shape index (κ2) is 7.39. The molecule has 0 atom stereocenters. The Morgan fingerprint density at radius 2 is 1.80 bits per heavy atom. The predicted molar refractivity (Wildman–Crippen MR) is 101 cm³/mol. The number of thiophene rings is 2. The first-order chi connectivity index (χ1) is 12.0. The van der Waals surface area contributed by atoms with Crippen LogP contribution in [0.15, 0.2) is 32.5 Å². The van der Waals surface area contributed by atoms with Crippen LogP contribution in [0, 0.1) is 0 Å².